The van der Waals surface area contributed by atoms with Crippen molar-refractivity contribution in [1.29, 1.82) is 0 Å². The summed E-state index contributed by atoms with van der Waals surface area (Å²) in [5, 5.41) is 7.58. The molecule has 0 aliphatic carbocycles. The van der Waals surface area contributed by atoms with Gasteiger partial charge in [0.25, 0.3) is 11.8 Å². The van der Waals surface area contributed by atoms with Crippen LogP contribution in [0.15, 0.2) is 60.8 Å². The van der Waals surface area contributed by atoms with Gasteiger partial charge in [-0.2, -0.15) is 18.3 Å². The highest BCUT2D eigenvalue weighted by atomic mass is 35.5. The number of halogens is 4. The molecule has 0 aliphatic rings. The average molecular weight is 600 g/mol. The highest BCUT2D eigenvalue weighted by Crippen LogP contribution is 2.43. The van der Waals surface area contributed by atoms with E-state index < -0.39 is 23.7 Å². The van der Waals surface area contributed by atoms with E-state index in [-0.39, 0.29) is 38.8 Å². The van der Waals surface area contributed by atoms with E-state index in [1.807, 2.05) is 13.8 Å². The maximum absolute atomic E-state index is 13.7. The number of hydrogen-bond donors (Lipinski definition) is 2. The van der Waals surface area contributed by atoms with Crippen LogP contribution in [0, 0.1) is 13.8 Å². The molecule has 3 aromatic heterocycles. The average Bonchev–Trinajstić information content (AvgIpc) is 3.53. The van der Waals surface area contributed by atoms with Gasteiger partial charge in [0.2, 0.25) is 0 Å². The first-order valence-corrected chi connectivity index (χ1v) is 13.3. The lowest BCUT2D eigenvalue weighted by Gasteiger charge is -2.12. The lowest BCUT2D eigenvalue weighted by atomic mass is 10.00. The quantitative estimate of drug-likeness (QED) is 0.213. The maximum Gasteiger partial charge on any atom is 0.433 e. The molecule has 0 bridgehead atoms. The molecule has 5 aromatic rings. The van der Waals surface area contributed by atoms with Gasteiger partial charge in [-0.1, -0.05) is 41.4 Å². The lowest BCUT2D eigenvalue weighted by molar-refractivity contribution is -0.140. The van der Waals surface area contributed by atoms with Gasteiger partial charge in [0.15, 0.2) is 12.4 Å². The number of carbonyl (C=O) groups is 2. The Labute approximate surface area is 240 Å². The van der Waals surface area contributed by atoms with Crippen LogP contribution >= 0.6 is 22.9 Å². The minimum Gasteiger partial charge on any atom is -0.471 e. The van der Waals surface area contributed by atoms with Crippen LogP contribution in [-0.2, 0) is 12.9 Å². The molecule has 3 heterocycles. The lowest BCUT2D eigenvalue weighted by Crippen LogP contribution is -2.18. The molecule has 2 amide bonds. The third-order valence-corrected chi connectivity index (χ3v) is 7.47. The van der Waals surface area contributed by atoms with Crippen molar-refractivity contribution in [2.75, 3.05) is 5.32 Å². The van der Waals surface area contributed by atoms with Gasteiger partial charge in [-0.25, -0.2) is 9.67 Å². The molecule has 0 atom stereocenters. The van der Waals surface area contributed by atoms with E-state index in [4.69, 9.17) is 22.1 Å². The number of anilines is 1. The number of rotatable bonds is 7. The number of nitrogens with zero attached hydrogens (tertiary/aromatic N) is 3. The molecule has 5 rings (SSSR count). The molecule has 8 nitrogen and oxygen atoms in total. The second-order valence-corrected chi connectivity index (χ2v) is 10.6. The molecule has 210 valence electrons. The van der Waals surface area contributed by atoms with Crippen LogP contribution in [0.25, 0.3) is 21.3 Å². The number of fused-ring (bicyclic) bond motifs is 1. The number of primary amides is 1. The van der Waals surface area contributed by atoms with Crippen molar-refractivity contribution in [2.45, 2.75) is 26.8 Å². The Morgan fingerprint density at radius 1 is 1.10 bits per heavy atom. The summed E-state index contributed by atoms with van der Waals surface area (Å²) in [6, 6.07) is 14.3. The van der Waals surface area contributed by atoms with Crippen LogP contribution in [0.4, 0.5) is 18.9 Å². The number of alkyl halides is 3. The standard InChI is InChI=1S/C28H21ClF3N5O3S/c1-14-3-5-16(6-4-14)18-12-21(28(30,31)32)34-27-22(18)23(24(41-27)25(33)38)35-26(39)19-9-10-37(36-19)13-40-20-8-7-17(29)11-15(20)2/h3-12H,13H2,1-2H3,(H2,33,38)(H,35,39). The minimum absolute atomic E-state index is 0.00855. The number of nitrogens with one attached hydrogen (secondary N) is 1. The summed E-state index contributed by atoms with van der Waals surface area (Å²) >= 11 is 6.65. The Hall–Kier alpha value is -4.42. The summed E-state index contributed by atoms with van der Waals surface area (Å²) in [7, 11) is 0. The van der Waals surface area contributed by atoms with Crippen molar-refractivity contribution in [1.82, 2.24) is 14.8 Å². The fourth-order valence-corrected chi connectivity index (χ4v) is 5.37. The molecule has 41 heavy (non-hydrogen) atoms. The number of aromatic nitrogens is 3. The zero-order valence-electron chi connectivity index (χ0n) is 21.5. The summed E-state index contributed by atoms with van der Waals surface area (Å²) in [6.45, 7) is 3.67. The predicted molar refractivity (Wildman–Crippen MR) is 150 cm³/mol. The molecule has 13 heteroatoms. The van der Waals surface area contributed by atoms with Crippen LogP contribution < -0.4 is 15.8 Å². The monoisotopic (exact) mass is 599 g/mol. The zero-order valence-corrected chi connectivity index (χ0v) is 23.1. The van der Waals surface area contributed by atoms with E-state index >= 15 is 0 Å². The Balaban J connectivity index is 1.51. The zero-order chi connectivity index (χ0) is 29.5. The molecule has 0 fully saturated rings. The third-order valence-electron chi connectivity index (χ3n) is 6.14. The smallest absolute Gasteiger partial charge is 0.433 e. The fraction of sp³-hybridized carbons (Fsp3) is 0.143. The maximum atomic E-state index is 13.7. The van der Waals surface area contributed by atoms with Crippen molar-refractivity contribution >= 4 is 50.7 Å². The van der Waals surface area contributed by atoms with Gasteiger partial charge in [-0.05, 0) is 60.9 Å². The van der Waals surface area contributed by atoms with Crippen LogP contribution in [0.1, 0.15) is 37.0 Å². The molecule has 0 spiro atoms. The van der Waals surface area contributed by atoms with E-state index in [1.54, 1.807) is 42.5 Å². The SMILES string of the molecule is Cc1ccc(-c2cc(C(F)(F)F)nc3sc(C(N)=O)c(NC(=O)c4ccn(COc5ccc(Cl)cc5C)n4)c23)cc1. The molecule has 0 saturated carbocycles. The van der Waals surface area contributed by atoms with Gasteiger partial charge in [-0.15, -0.1) is 11.3 Å². The van der Waals surface area contributed by atoms with Gasteiger partial charge in [0, 0.05) is 16.6 Å². The second-order valence-electron chi connectivity index (χ2n) is 9.15. The van der Waals surface area contributed by atoms with Crippen molar-refractivity contribution in [3.8, 4) is 16.9 Å². The number of thiophene rings is 1. The first kappa shape index (κ1) is 28.1. The number of benzene rings is 2. The topological polar surface area (TPSA) is 112 Å². The summed E-state index contributed by atoms with van der Waals surface area (Å²) < 4.78 is 48.4. The van der Waals surface area contributed by atoms with Crippen molar-refractivity contribution < 1.29 is 27.5 Å². The second kappa shape index (κ2) is 10.9. The number of ether oxygens (including phenoxy) is 1. The molecule has 0 radical (unpaired) electrons. The van der Waals surface area contributed by atoms with E-state index in [0.717, 1.165) is 17.2 Å². The Kier molecular flexibility index (Phi) is 7.45. The first-order chi connectivity index (χ1) is 19.4. The molecule has 3 N–H and O–H groups in total. The highest BCUT2D eigenvalue weighted by Gasteiger charge is 2.35. The number of aryl methyl sites for hydroxylation is 2. The fourth-order valence-electron chi connectivity index (χ4n) is 4.14. The summed E-state index contributed by atoms with van der Waals surface area (Å²) in [6.07, 6.45) is -3.22. The van der Waals surface area contributed by atoms with Gasteiger partial charge in [0.05, 0.1) is 5.69 Å². The largest absolute Gasteiger partial charge is 0.471 e. The predicted octanol–water partition coefficient (Wildman–Crippen LogP) is 6.84. The Morgan fingerprint density at radius 2 is 1.83 bits per heavy atom. The summed E-state index contributed by atoms with van der Waals surface area (Å²) in [5.41, 5.74) is 6.67. The van der Waals surface area contributed by atoms with Crippen LogP contribution in [-0.4, -0.2) is 26.6 Å². The number of hydrogen-bond acceptors (Lipinski definition) is 6. The molecule has 0 unspecified atom stereocenters. The molecular formula is C28H21ClF3N5O3S. The summed E-state index contributed by atoms with van der Waals surface area (Å²) in [4.78, 5) is 29.1. The molecule has 2 aromatic carbocycles. The van der Waals surface area contributed by atoms with Gasteiger partial charge in [0.1, 0.15) is 21.2 Å². The van der Waals surface area contributed by atoms with E-state index in [2.05, 4.69) is 15.4 Å². The van der Waals surface area contributed by atoms with Crippen LogP contribution in [0.5, 0.6) is 5.75 Å². The molecule has 0 saturated heterocycles. The van der Waals surface area contributed by atoms with Crippen LogP contribution in [0.3, 0.4) is 0 Å². The highest BCUT2D eigenvalue weighted by molar-refractivity contribution is 7.21. The third kappa shape index (κ3) is 5.88. The normalized spacial score (nSPS) is 11.6. The Morgan fingerprint density at radius 3 is 2.49 bits per heavy atom. The van der Waals surface area contributed by atoms with Gasteiger partial charge < -0.3 is 15.8 Å². The number of pyridine rings is 1. The molecular weight excluding hydrogens is 579 g/mol. The molecule has 0 aliphatic heterocycles. The minimum atomic E-state index is -4.74. The van der Waals surface area contributed by atoms with E-state index in [0.29, 0.717) is 27.7 Å². The van der Waals surface area contributed by atoms with Gasteiger partial charge in [-0.3, -0.25) is 9.59 Å². The Bertz CT molecular complexity index is 1800. The number of nitrogens with two attached hydrogens (primary N) is 1. The summed E-state index contributed by atoms with van der Waals surface area (Å²) in [5.74, 6) is -1.05. The van der Waals surface area contributed by atoms with Crippen molar-refractivity contribution in [3.05, 3.63) is 93.2 Å². The van der Waals surface area contributed by atoms with Crippen LogP contribution in [0.2, 0.25) is 5.02 Å². The number of amides is 2. The number of carbonyl (C=O) groups excluding carboxylic acids is 2. The first-order valence-electron chi connectivity index (χ1n) is 12.1. The van der Waals surface area contributed by atoms with E-state index in [9.17, 15) is 22.8 Å². The van der Waals surface area contributed by atoms with E-state index in [1.165, 1.54) is 16.9 Å². The van der Waals surface area contributed by atoms with Crippen molar-refractivity contribution in [3.63, 3.8) is 0 Å². The van der Waals surface area contributed by atoms with Gasteiger partial charge >= 0.3 is 6.18 Å². The van der Waals surface area contributed by atoms with Crippen molar-refractivity contribution in [2.24, 2.45) is 5.73 Å².